The number of benzene rings is 1. The molecule has 0 saturated carbocycles. The van der Waals surface area contributed by atoms with Crippen molar-refractivity contribution in [2.24, 2.45) is 0 Å². The molecular weight excluding hydrogens is 272 g/mol. The Morgan fingerprint density at radius 2 is 2.10 bits per heavy atom. The van der Waals surface area contributed by atoms with Crippen LogP contribution in [0.1, 0.15) is 17.3 Å². The predicted molar refractivity (Wildman–Crippen MR) is 76.8 cm³/mol. The minimum absolute atomic E-state index is 0.0839. The highest BCUT2D eigenvalue weighted by atomic mass is 16.5. The second kappa shape index (κ2) is 5.21. The quantitative estimate of drug-likeness (QED) is 0.795. The summed E-state index contributed by atoms with van der Waals surface area (Å²) in [6.07, 6.45) is 0. The number of anilines is 1. The first-order valence-electron chi connectivity index (χ1n) is 6.80. The Bertz CT molecular complexity index is 645. The number of hydrogen-bond donors (Lipinski definition) is 2. The average Bonchev–Trinajstić information content (AvgIpc) is 2.43. The van der Waals surface area contributed by atoms with Crippen molar-refractivity contribution in [1.82, 2.24) is 5.32 Å². The van der Waals surface area contributed by atoms with Crippen molar-refractivity contribution >= 4 is 17.6 Å². The molecule has 1 aromatic rings. The molecule has 3 rings (SSSR count). The first kappa shape index (κ1) is 13.6. The summed E-state index contributed by atoms with van der Waals surface area (Å²) >= 11 is 0. The van der Waals surface area contributed by atoms with Crippen LogP contribution in [0.2, 0.25) is 0 Å². The molecule has 2 aliphatic heterocycles. The number of carbonyl (C=O) groups excluding carboxylic acids is 1. The van der Waals surface area contributed by atoms with E-state index in [1.165, 1.54) is 6.07 Å². The summed E-state index contributed by atoms with van der Waals surface area (Å²) in [6.45, 7) is 4.01. The summed E-state index contributed by atoms with van der Waals surface area (Å²) in [7, 11) is 0. The number of carbonyl (C=O) groups is 2. The number of nitrogens with one attached hydrogen (secondary N) is 1. The van der Waals surface area contributed by atoms with E-state index in [0.29, 0.717) is 18.8 Å². The predicted octanol–water partition coefficient (Wildman–Crippen LogP) is 1.03. The van der Waals surface area contributed by atoms with Gasteiger partial charge in [0.05, 0.1) is 12.2 Å². The molecule has 1 saturated heterocycles. The highest BCUT2D eigenvalue weighted by Gasteiger charge is 2.29. The normalized spacial score (nSPS) is 16.6. The van der Waals surface area contributed by atoms with E-state index in [4.69, 9.17) is 4.74 Å². The van der Waals surface area contributed by atoms with Gasteiger partial charge in [-0.1, -0.05) is 6.07 Å². The SMILES string of the molecule is CC(C(=O)N1CCOc2c(C(=O)O)cccc21)=C1CNC1. The fourth-order valence-corrected chi connectivity index (χ4v) is 2.50. The molecule has 6 heteroatoms. The van der Waals surface area contributed by atoms with E-state index in [1.807, 2.05) is 6.92 Å². The van der Waals surface area contributed by atoms with Crippen LogP contribution in [0.3, 0.4) is 0 Å². The van der Waals surface area contributed by atoms with E-state index in [-0.39, 0.29) is 17.2 Å². The second-order valence-electron chi connectivity index (χ2n) is 5.10. The van der Waals surface area contributed by atoms with Crippen LogP contribution in [-0.2, 0) is 4.79 Å². The number of amides is 1. The van der Waals surface area contributed by atoms with E-state index in [2.05, 4.69) is 5.32 Å². The van der Waals surface area contributed by atoms with E-state index in [1.54, 1.807) is 17.0 Å². The highest BCUT2D eigenvalue weighted by Crippen LogP contribution is 2.35. The van der Waals surface area contributed by atoms with Gasteiger partial charge < -0.3 is 20.1 Å². The monoisotopic (exact) mass is 288 g/mol. The van der Waals surface area contributed by atoms with Crippen molar-refractivity contribution in [2.75, 3.05) is 31.1 Å². The van der Waals surface area contributed by atoms with Gasteiger partial charge in [0.2, 0.25) is 0 Å². The van der Waals surface area contributed by atoms with Gasteiger partial charge in [-0.15, -0.1) is 0 Å². The summed E-state index contributed by atoms with van der Waals surface area (Å²) in [5.41, 5.74) is 2.43. The fourth-order valence-electron chi connectivity index (χ4n) is 2.50. The van der Waals surface area contributed by atoms with Gasteiger partial charge >= 0.3 is 5.97 Å². The zero-order valence-electron chi connectivity index (χ0n) is 11.7. The van der Waals surface area contributed by atoms with Crippen LogP contribution >= 0.6 is 0 Å². The first-order chi connectivity index (χ1) is 10.1. The third-order valence-electron chi connectivity index (χ3n) is 3.85. The maximum absolute atomic E-state index is 12.6. The minimum Gasteiger partial charge on any atom is -0.489 e. The standard InChI is InChI=1S/C15H16N2O4/c1-9(10-7-16-8-10)14(18)17-5-6-21-13-11(15(19)20)3-2-4-12(13)17/h2-4,16H,5-8H2,1H3,(H,19,20). The van der Waals surface area contributed by atoms with Gasteiger partial charge in [-0.2, -0.15) is 0 Å². The maximum atomic E-state index is 12.6. The molecule has 2 aliphatic rings. The largest absolute Gasteiger partial charge is 0.489 e. The van der Waals surface area contributed by atoms with E-state index in [0.717, 1.165) is 24.2 Å². The number of nitrogens with zero attached hydrogens (tertiary/aromatic N) is 1. The number of carboxylic acid groups (broad SMARTS) is 1. The van der Waals surface area contributed by atoms with Crippen LogP contribution in [-0.4, -0.2) is 43.2 Å². The van der Waals surface area contributed by atoms with Gasteiger partial charge in [0.15, 0.2) is 5.75 Å². The Morgan fingerprint density at radius 3 is 2.71 bits per heavy atom. The summed E-state index contributed by atoms with van der Waals surface area (Å²) in [5, 5.41) is 12.3. The summed E-state index contributed by atoms with van der Waals surface area (Å²) < 4.78 is 5.47. The van der Waals surface area contributed by atoms with Gasteiger partial charge in [0.1, 0.15) is 12.2 Å². The lowest BCUT2D eigenvalue weighted by atomic mass is 10.0. The van der Waals surface area contributed by atoms with Gasteiger partial charge in [-0.25, -0.2) is 4.79 Å². The number of ether oxygens (including phenoxy) is 1. The fraction of sp³-hybridized carbons (Fsp3) is 0.333. The van der Waals surface area contributed by atoms with Crippen molar-refractivity contribution < 1.29 is 19.4 Å². The Balaban J connectivity index is 1.99. The molecule has 110 valence electrons. The molecule has 2 heterocycles. The number of carboxylic acids is 1. The molecule has 0 radical (unpaired) electrons. The van der Waals surface area contributed by atoms with E-state index >= 15 is 0 Å². The van der Waals surface area contributed by atoms with Gasteiger partial charge in [0.25, 0.3) is 5.91 Å². The summed E-state index contributed by atoms with van der Waals surface area (Å²) in [5.74, 6) is -0.868. The zero-order valence-corrected chi connectivity index (χ0v) is 11.7. The van der Waals surface area contributed by atoms with Gasteiger partial charge in [-0.3, -0.25) is 4.79 Å². The van der Waals surface area contributed by atoms with Crippen LogP contribution in [0.15, 0.2) is 29.3 Å². The molecule has 1 fully saturated rings. The molecular formula is C15H16N2O4. The Hall–Kier alpha value is -2.34. The molecule has 2 N–H and O–H groups in total. The van der Waals surface area contributed by atoms with E-state index in [9.17, 15) is 14.7 Å². The first-order valence-corrected chi connectivity index (χ1v) is 6.80. The van der Waals surface area contributed by atoms with Crippen LogP contribution in [0.25, 0.3) is 0 Å². The molecule has 1 aromatic carbocycles. The number of para-hydroxylation sites is 1. The maximum Gasteiger partial charge on any atom is 0.339 e. The van der Waals surface area contributed by atoms with Crippen LogP contribution < -0.4 is 15.0 Å². The Kier molecular flexibility index (Phi) is 3.39. The van der Waals surface area contributed by atoms with Crippen LogP contribution in [0.4, 0.5) is 5.69 Å². The zero-order chi connectivity index (χ0) is 15.0. The number of rotatable bonds is 2. The molecule has 0 bridgehead atoms. The van der Waals surface area contributed by atoms with Crippen molar-refractivity contribution in [1.29, 1.82) is 0 Å². The summed E-state index contributed by atoms with van der Waals surface area (Å²) in [4.78, 5) is 25.5. The third-order valence-corrected chi connectivity index (χ3v) is 3.85. The van der Waals surface area contributed by atoms with Crippen molar-refractivity contribution in [3.63, 3.8) is 0 Å². The van der Waals surface area contributed by atoms with Gasteiger partial charge in [0, 0.05) is 18.7 Å². The molecule has 1 amide bonds. The highest BCUT2D eigenvalue weighted by molar-refractivity contribution is 6.08. The smallest absolute Gasteiger partial charge is 0.339 e. The third kappa shape index (κ3) is 2.27. The lowest BCUT2D eigenvalue weighted by Crippen LogP contribution is -2.42. The Labute approximate surface area is 122 Å². The second-order valence-corrected chi connectivity index (χ2v) is 5.10. The lowest BCUT2D eigenvalue weighted by Gasteiger charge is -2.32. The number of hydrogen-bond acceptors (Lipinski definition) is 4. The molecule has 0 aromatic heterocycles. The lowest BCUT2D eigenvalue weighted by molar-refractivity contribution is -0.115. The average molecular weight is 288 g/mol. The molecule has 0 atom stereocenters. The van der Waals surface area contributed by atoms with Crippen molar-refractivity contribution in [3.05, 3.63) is 34.9 Å². The number of fused-ring (bicyclic) bond motifs is 1. The molecule has 0 unspecified atom stereocenters. The molecule has 0 spiro atoms. The molecule has 6 nitrogen and oxygen atoms in total. The summed E-state index contributed by atoms with van der Waals surface area (Å²) in [6, 6.07) is 4.83. The minimum atomic E-state index is -1.06. The number of aromatic carboxylic acids is 1. The van der Waals surface area contributed by atoms with Crippen LogP contribution in [0.5, 0.6) is 5.75 Å². The van der Waals surface area contributed by atoms with Crippen LogP contribution in [0, 0.1) is 0 Å². The van der Waals surface area contributed by atoms with E-state index < -0.39 is 5.97 Å². The van der Waals surface area contributed by atoms with Crippen molar-refractivity contribution in [3.8, 4) is 5.75 Å². The van der Waals surface area contributed by atoms with Gasteiger partial charge in [-0.05, 0) is 24.6 Å². The Morgan fingerprint density at radius 1 is 1.33 bits per heavy atom. The topological polar surface area (TPSA) is 78.9 Å². The van der Waals surface area contributed by atoms with Crippen molar-refractivity contribution in [2.45, 2.75) is 6.92 Å². The molecule has 21 heavy (non-hydrogen) atoms. The molecule has 0 aliphatic carbocycles.